The number of aliphatic imine (C=N–C) groups is 1. The fourth-order valence-corrected chi connectivity index (χ4v) is 3.03. The number of rotatable bonds is 9. The number of guanidine groups is 1. The van der Waals surface area contributed by atoms with E-state index in [0.717, 1.165) is 5.56 Å². The van der Waals surface area contributed by atoms with Gasteiger partial charge in [-0.3, -0.25) is 9.59 Å². The average Bonchev–Trinajstić information content (AvgIpc) is 2.85. The van der Waals surface area contributed by atoms with E-state index in [1.165, 1.54) is 0 Å². The number of aliphatic hydroxyl groups excluding tert-OH is 1. The fourth-order valence-electron chi connectivity index (χ4n) is 3.03. The van der Waals surface area contributed by atoms with Gasteiger partial charge in [0.15, 0.2) is 17.5 Å². The molecule has 4 amide bonds. The maximum atomic E-state index is 12.3. The summed E-state index contributed by atoms with van der Waals surface area (Å²) in [5.74, 6) is -0.179. The number of anilines is 1. The first-order valence-corrected chi connectivity index (χ1v) is 10.6. The standard InChI is InChI=1S/C22H27N7O6/c23-21(24)27-14-3-1-13(2-4-14)10-25-19(31)11-26-20(32)16(12-30)29-22(33)28-15-5-6-17-18(9-15)35-8-7-34-17/h1-6,9,16,30H,7-8,10-12H2,(H,25,31)(H,26,32)(H4,23,24,27)(H2,28,29,33). The van der Waals surface area contributed by atoms with Crippen LogP contribution >= 0.6 is 0 Å². The van der Waals surface area contributed by atoms with E-state index < -0.39 is 30.5 Å². The van der Waals surface area contributed by atoms with Gasteiger partial charge in [0.05, 0.1) is 18.8 Å². The van der Waals surface area contributed by atoms with E-state index in [4.69, 9.17) is 20.9 Å². The third-order valence-electron chi connectivity index (χ3n) is 4.71. The first-order chi connectivity index (χ1) is 16.8. The molecule has 9 N–H and O–H groups in total. The molecular weight excluding hydrogens is 458 g/mol. The number of nitrogens with zero attached hydrogens (tertiary/aromatic N) is 1. The Hall–Kier alpha value is -4.52. The van der Waals surface area contributed by atoms with Gasteiger partial charge in [-0.05, 0) is 29.8 Å². The molecule has 13 nitrogen and oxygen atoms in total. The van der Waals surface area contributed by atoms with Crippen molar-refractivity contribution in [3.05, 3.63) is 48.0 Å². The van der Waals surface area contributed by atoms with E-state index >= 15 is 0 Å². The lowest BCUT2D eigenvalue weighted by Crippen LogP contribution is -2.51. The Morgan fingerprint density at radius 2 is 1.71 bits per heavy atom. The molecule has 1 atom stereocenters. The van der Waals surface area contributed by atoms with Crippen molar-refractivity contribution in [2.45, 2.75) is 12.6 Å². The van der Waals surface area contributed by atoms with Crippen LogP contribution in [0.4, 0.5) is 16.2 Å². The zero-order chi connectivity index (χ0) is 25.2. The maximum absolute atomic E-state index is 12.3. The number of ether oxygens (including phenoxy) is 2. The number of benzene rings is 2. The molecule has 1 heterocycles. The molecule has 1 aliphatic heterocycles. The van der Waals surface area contributed by atoms with E-state index in [1.54, 1.807) is 42.5 Å². The fraction of sp³-hybridized carbons (Fsp3) is 0.273. The van der Waals surface area contributed by atoms with E-state index in [1.807, 2.05) is 0 Å². The zero-order valence-corrected chi connectivity index (χ0v) is 18.7. The summed E-state index contributed by atoms with van der Waals surface area (Å²) < 4.78 is 10.9. The Kier molecular flexibility index (Phi) is 8.67. The van der Waals surface area contributed by atoms with Crippen molar-refractivity contribution >= 4 is 35.2 Å². The minimum atomic E-state index is -1.26. The van der Waals surface area contributed by atoms with Gasteiger partial charge in [0.2, 0.25) is 11.8 Å². The predicted molar refractivity (Wildman–Crippen MR) is 127 cm³/mol. The van der Waals surface area contributed by atoms with Crippen LogP contribution in [-0.4, -0.2) is 61.3 Å². The van der Waals surface area contributed by atoms with Crippen molar-refractivity contribution < 1.29 is 29.0 Å². The van der Waals surface area contributed by atoms with Gasteiger partial charge >= 0.3 is 6.03 Å². The van der Waals surface area contributed by atoms with Crippen molar-refractivity contribution in [1.29, 1.82) is 0 Å². The summed E-state index contributed by atoms with van der Waals surface area (Å²) in [7, 11) is 0. The number of urea groups is 1. The summed E-state index contributed by atoms with van der Waals surface area (Å²) in [6.45, 7) is 0.0571. The highest BCUT2D eigenvalue weighted by molar-refractivity contribution is 5.95. The van der Waals surface area contributed by atoms with Crippen LogP contribution in [0.2, 0.25) is 0 Å². The van der Waals surface area contributed by atoms with Crippen LogP contribution in [0.5, 0.6) is 11.5 Å². The van der Waals surface area contributed by atoms with Gasteiger partial charge in [0.1, 0.15) is 19.3 Å². The number of nitrogens with two attached hydrogens (primary N) is 2. The number of carbonyl (C=O) groups excluding carboxylic acids is 3. The summed E-state index contributed by atoms with van der Waals surface area (Å²) in [4.78, 5) is 40.5. The van der Waals surface area contributed by atoms with Crippen molar-refractivity contribution in [2.75, 3.05) is 31.7 Å². The molecule has 0 radical (unpaired) electrons. The van der Waals surface area contributed by atoms with Crippen LogP contribution in [0.25, 0.3) is 0 Å². The van der Waals surface area contributed by atoms with Crippen LogP contribution in [0.1, 0.15) is 5.56 Å². The second kappa shape index (κ2) is 12.1. The molecule has 1 unspecified atom stereocenters. The number of aliphatic hydroxyl groups is 1. The molecule has 2 aromatic rings. The summed E-state index contributed by atoms with van der Waals surface area (Å²) in [6, 6.07) is 9.73. The Labute approximate surface area is 200 Å². The summed E-state index contributed by atoms with van der Waals surface area (Å²) in [6.07, 6.45) is 0. The van der Waals surface area contributed by atoms with Crippen LogP contribution in [0.15, 0.2) is 47.5 Å². The van der Waals surface area contributed by atoms with Gasteiger partial charge in [0, 0.05) is 18.3 Å². The number of amides is 4. The molecular formula is C22H27N7O6. The SMILES string of the molecule is NC(N)=Nc1ccc(CNC(=O)CNC(=O)C(CO)NC(=O)Nc2ccc3c(c2)OCCO3)cc1. The molecule has 35 heavy (non-hydrogen) atoms. The Morgan fingerprint density at radius 1 is 1.00 bits per heavy atom. The zero-order valence-electron chi connectivity index (χ0n) is 18.7. The van der Waals surface area contributed by atoms with Gasteiger partial charge in [-0.2, -0.15) is 0 Å². The van der Waals surface area contributed by atoms with Gasteiger partial charge in [-0.25, -0.2) is 9.79 Å². The predicted octanol–water partition coefficient (Wildman–Crippen LogP) is -0.722. The molecule has 0 saturated carbocycles. The molecule has 0 fully saturated rings. The second-order valence-corrected chi connectivity index (χ2v) is 7.39. The number of hydrogen-bond acceptors (Lipinski definition) is 7. The van der Waals surface area contributed by atoms with Crippen molar-refractivity contribution in [3.63, 3.8) is 0 Å². The third kappa shape index (κ3) is 7.78. The molecule has 0 saturated heterocycles. The molecule has 2 aromatic carbocycles. The largest absolute Gasteiger partial charge is 0.486 e. The van der Waals surface area contributed by atoms with Crippen molar-refractivity contribution in [2.24, 2.45) is 16.5 Å². The molecule has 186 valence electrons. The minimum Gasteiger partial charge on any atom is -0.486 e. The molecule has 3 rings (SSSR count). The highest BCUT2D eigenvalue weighted by Gasteiger charge is 2.21. The molecule has 0 aliphatic carbocycles. The molecule has 0 spiro atoms. The summed E-state index contributed by atoms with van der Waals surface area (Å²) >= 11 is 0. The monoisotopic (exact) mass is 485 g/mol. The second-order valence-electron chi connectivity index (χ2n) is 7.39. The summed E-state index contributed by atoms with van der Waals surface area (Å²) in [5, 5.41) is 19.4. The van der Waals surface area contributed by atoms with Crippen molar-refractivity contribution in [1.82, 2.24) is 16.0 Å². The highest BCUT2D eigenvalue weighted by atomic mass is 16.6. The first kappa shape index (κ1) is 25.1. The van der Waals surface area contributed by atoms with E-state index in [2.05, 4.69) is 26.3 Å². The summed E-state index contributed by atoms with van der Waals surface area (Å²) in [5.41, 5.74) is 12.4. The molecule has 13 heteroatoms. The quantitative estimate of drug-likeness (QED) is 0.178. The van der Waals surface area contributed by atoms with Gasteiger partial charge in [-0.1, -0.05) is 12.1 Å². The normalized spacial score (nSPS) is 12.6. The smallest absolute Gasteiger partial charge is 0.319 e. The number of nitrogens with one attached hydrogen (secondary N) is 4. The van der Waals surface area contributed by atoms with Crippen LogP contribution in [-0.2, 0) is 16.1 Å². The Bertz CT molecular complexity index is 1090. The highest BCUT2D eigenvalue weighted by Crippen LogP contribution is 2.32. The topological polar surface area (TPSA) is 202 Å². The lowest BCUT2D eigenvalue weighted by atomic mass is 10.2. The first-order valence-electron chi connectivity index (χ1n) is 10.6. The molecule has 1 aliphatic rings. The van der Waals surface area contributed by atoms with Crippen LogP contribution in [0, 0.1) is 0 Å². The van der Waals surface area contributed by atoms with Crippen LogP contribution in [0.3, 0.4) is 0 Å². The van der Waals surface area contributed by atoms with E-state index in [-0.39, 0.29) is 19.0 Å². The Morgan fingerprint density at radius 3 is 2.40 bits per heavy atom. The van der Waals surface area contributed by atoms with E-state index in [0.29, 0.717) is 36.1 Å². The Balaban J connectivity index is 1.41. The average molecular weight is 486 g/mol. The molecule has 0 bridgehead atoms. The maximum Gasteiger partial charge on any atom is 0.319 e. The van der Waals surface area contributed by atoms with Gasteiger partial charge in [-0.15, -0.1) is 0 Å². The molecule has 0 aromatic heterocycles. The van der Waals surface area contributed by atoms with Crippen LogP contribution < -0.4 is 42.2 Å². The van der Waals surface area contributed by atoms with E-state index in [9.17, 15) is 19.5 Å². The van der Waals surface area contributed by atoms with Crippen molar-refractivity contribution in [3.8, 4) is 11.5 Å². The third-order valence-corrected chi connectivity index (χ3v) is 4.71. The van der Waals surface area contributed by atoms with Gasteiger partial charge < -0.3 is 47.3 Å². The number of fused-ring (bicyclic) bond motifs is 1. The lowest BCUT2D eigenvalue weighted by Gasteiger charge is -2.20. The number of hydrogen-bond donors (Lipinski definition) is 7. The van der Waals surface area contributed by atoms with Gasteiger partial charge in [0.25, 0.3) is 0 Å². The lowest BCUT2D eigenvalue weighted by molar-refractivity contribution is -0.127. The number of carbonyl (C=O) groups is 3. The minimum absolute atomic E-state index is 0.0572.